The van der Waals surface area contributed by atoms with E-state index in [9.17, 15) is 9.59 Å². The van der Waals surface area contributed by atoms with Gasteiger partial charge in [-0.25, -0.2) is 4.79 Å². The van der Waals surface area contributed by atoms with Crippen molar-refractivity contribution in [1.29, 1.82) is 0 Å². The van der Waals surface area contributed by atoms with Crippen molar-refractivity contribution in [2.45, 2.75) is 19.4 Å². The number of ether oxygens (including phenoxy) is 1. The first kappa shape index (κ1) is 18.2. The number of nitrogens with one attached hydrogen (secondary N) is 2. The molecule has 3 rings (SSSR count). The van der Waals surface area contributed by atoms with E-state index in [-0.39, 0.29) is 18.6 Å². The third-order valence-electron chi connectivity index (χ3n) is 4.10. The minimum absolute atomic E-state index is 0.123. The highest BCUT2D eigenvalue weighted by Crippen LogP contribution is 2.19. The van der Waals surface area contributed by atoms with Crippen LogP contribution in [0.3, 0.4) is 0 Å². The predicted octanol–water partition coefficient (Wildman–Crippen LogP) is 4.35. The lowest BCUT2D eigenvalue weighted by Gasteiger charge is -2.17. The van der Waals surface area contributed by atoms with Crippen LogP contribution < -0.4 is 5.32 Å². The minimum Gasteiger partial charge on any atom is -0.451 e. The van der Waals surface area contributed by atoms with Crippen molar-refractivity contribution in [3.05, 3.63) is 70.3 Å². The van der Waals surface area contributed by atoms with Gasteiger partial charge in [0.15, 0.2) is 6.61 Å². The van der Waals surface area contributed by atoms with Crippen molar-refractivity contribution in [1.82, 2.24) is 10.3 Å². The predicted molar refractivity (Wildman–Crippen MR) is 104 cm³/mol. The molecule has 0 saturated carbocycles. The lowest BCUT2D eigenvalue weighted by Crippen LogP contribution is -2.32. The molecule has 0 aliphatic carbocycles. The van der Waals surface area contributed by atoms with E-state index < -0.39 is 5.97 Å². The van der Waals surface area contributed by atoms with Crippen LogP contribution in [0.25, 0.3) is 10.9 Å². The van der Waals surface area contributed by atoms with Gasteiger partial charge in [-0.15, -0.1) is 0 Å². The molecule has 0 saturated heterocycles. The summed E-state index contributed by atoms with van der Waals surface area (Å²) >= 11 is 3.40. The van der Waals surface area contributed by atoms with E-state index in [2.05, 4.69) is 26.2 Å². The topological polar surface area (TPSA) is 71.2 Å². The number of aromatic nitrogens is 1. The molecule has 6 heteroatoms. The number of hydrogen-bond donors (Lipinski definition) is 2. The first-order valence-corrected chi connectivity index (χ1v) is 9.16. The number of carbonyl (C=O) groups is 2. The smallest absolute Gasteiger partial charge is 0.355 e. The maximum absolute atomic E-state index is 12.2. The number of fused-ring (bicyclic) bond motifs is 1. The molecule has 0 bridgehead atoms. The van der Waals surface area contributed by atoms with Crippen molar-refractivity contribution >= 4 is 38.7 Å². The molecule has 3 aromatic rings. The summed E-state index contributed by atoms with van der Waals surface area (Å²) in [6.45, 7) is 1.67. The van der Waals surface area contributed by atoms with E-state index in [1.807, 2.05) is 55.5 Å². The molecule has 0 radical (unpaired) electrons. The highest BCUT2D eigenvalue weighted by atomic mass is 79.9. The van der Waals surface area contributed by atoms with Gasteiger partial charge in [0.2, 0.25) is 0 Å². The molecule has 0 unspecified atom stereocenters. The maximum atomic E-state index is 12.2. The van der Waals surface area contributed by atoms with Gasteiger partial charge in [-0.1, -0.05) is 53.2 Å². The Kier molecular flexibility index (Phi) is 5.73. The van der Waals surface area contributed by atoms with Gasteiger partial charge >= 0.3 is 5.97 Å². The molecule has 2 N–H and O–H groups in total. The first-order valence-electron chi connectivity index (χ1n) is 8.36. The summed E-state index contributed by atoms with van der Waals surface area (Å²) in [5.74, 6) is -0.878. The van der Waals surface area contributed by atoms with E-state index in [4.69, 9.17) is 4.74 Å². The zero-order valence-corrected chi connectivity index (χ0v) is 15.9. The largest absolute Gasteiger partial charge is 0.451 e. The Labute approximate surface area is 159 Å². The average Bonchev–Trinajstić information content (AvgIpc) is 3.09. The normalized spacial score (nSPS) is 11.9. The first-order chi connectivity index (χ1) is 12.6. The van der Waals surface area contributed by atoms with Crippen LogP contribution in [-0.4, -0.2) is 23.5 Å². The van der Waals surface area contributed by atoms with Crippen molar-refractivity contribution in [2.75, 3.05) is 6.61 Å². The van der Waals surface area contributed by atoms with Crippen molar-refractivity contribution in [2.24, 2.45) is 0 Å². The molecular formula is C20H19BrN2O3. The zero-order chi connectivity index (χ0) is 18.5. The molecule has 1 amide bonds. The van der Waals surface area contributed by atoms with Crippen LogP contribution in [0.4, 0.5) is 0 Å². The number of hydrogen-bond acceptors (Lipinski definition) is 3. The van der Waals surface area contributed by atoms with Gasteiger partial charge in [-0.05, 0) is 36.2 Å². The summed E-state index contributed by atoms with van der Waals surface area (Å²) in [4.78, 5) is 27.3. The number of aromatic amines is 1. The number of carbonyl (C=O) groups excluding carboxylic acids is 2. The fourth-order valence-electron chi connectivity index (χ4n) is 2.74. The van der Waals surface area contributed by atoms with Crippen LogP contribution in [0.5, 0.6) is 0 Å². The van der Waals surface area contributed by atoms with Gasteiger partial charge in [0.05, 0.1) is 6.04 Å². The van der Waals surface area contributed by atoms with Crippen molar-refractivity contribution in [3.63, 3.8) is 0 Å². The number of halogens is 1. The van der Waals surface area contributed by atoms with Crippen molar-refractivity contribution < 1.29 is 14.3 Å². The summed E-state index contributed by atoms with van der Waals surface area (Å²) in [6.07, 6.45) is 0.739. The Balaban J connectivity index is 1.57. The fourth-order valence-corrected chi connectivity index (χ4v) is 3.01. The number of H-pyrrole nitrogens is 1. The van der Waals surface area contributed by atoms with Gasteiger partial charge in [0, 0.05) is 15.4 Å². The van der Waals surface area contributed by atoms with Gasteiger partial charge in [-0.3, -0.25) is 4.79 Å². The molecule has 1 heterocycles. The molecule has 0 aliphatic heterocycles. The van der Waals surface area contributed by atoms with Crippen LogP contribution in [0.2, 0.25) is 0 Å². The van der Waals surface area contributed by atoms with E-state index in [1.54, 1.807) is 6.07 Å². The highest BCUT2D eigenvalue weighted by Gasteiger charge is 2.16. The zero-order valence-electron chi connectivity index (χ0n) is 14.3. The Morgan fingerprint density at radius 3 is 2.58 bits per heavy atom. The van der Waals surface area contributed by atoms with Crippen LogP contribution in [0, 0.1) is 0 Å². The van der Waals surface area contributed by atoms with Crippen molar-refractivity contribution in [3.8, 4) is 0 Å². The van der Waals surface area contributed by atoms with Gasteiger partial charge in [0.25, 0.3) is 5.91 Å². The van der Waals surface area contributed by atoms with Crippen LogP contribution in [-0.2, 0) is 9.53 Å². The molecule has 0 fully saturated rings. The summed E-state index contributed by atoms with van der Waals surface area (Å²) in [6, 6.07) is 16.9. The third kappa shape index (κ3) is 4.32. The number of esters is 1. The summed E-state index contributed by atoms with van der Waals surface area (Å²) in [5, 5.41) is 3.82. The van der Waals surface area contributed by atoms with Gasteiger partial charge in [-0.2, -0.15) is 0 Å². The quantitative estimate of drug-likeness (QED) is 0.588. The molecule has 0 aliphatic rings. The molecular weight excluding hydrogens is 396 g/mol. The van der Waals surface area contributed by atoms with Crippen LogP contribution in [0.15, 0.2) is 59.1 Å². The van der Waals surface area contributed by atoms with E-state index in [0.717, 1.165) is 27.4 Å². The molecule has 26 heavy (non-hydrogen) atoms. The second-order valence-corrected chi connectivity index (χ2v) is 6.84. The van der Waals surface area contributed by atoms with E-state index in [0.29, 0.717) is 5.69 Å². The lowest BCUT2D eigenvalue weighted by atomic mass is 10.0. The second-order valence-electron chi connectivity index (χ2n) is 5.93. The fraction of sp³-hybridized carbons (Fsp3) is 0.200. The Morgan fingerprint density at radius 1 is 1.15 bits per heavy atom. The molecule has 5 nitrogen and oxygen atoms in total. The third-order valence-corrected chi connectivity index (χ3v) is 4.63. The monoisotopic (exact) mass is 414 g/mol. The average molecular weight is 415 g/mol. The Hall–Kier alpha value is -2.60. The second kappa shape index (κ2) is 8.19. The van der Waals surface area contributed by atoms with Crippen LogP contribution >= 0.6 is 15.9 Å². The molecule has 0 spiro atoms. The minimum atomic E-state index is -0.548. The van der Waals surface area contributed by atoms with E-state index >= 15 is 0 Å². The number of amides is 1. The summed E-state index contributed by atoms with van der Waals surface area (Å²) in [7, 11) is 0. The van der Waals surface area contributed by atoms with Gasteiger partial charge in [0.1, 0.15) is 5.69 Å². The SMILES string of the molecule is CC[C@H](NC(=O)COC(=O)c1cc2ccccc2[nH]1)c1ccc(Br)cc1. The number of benzene rings is 2. The molecule has 134 valence electrons. The maximum Gasteiger partial charge on any atom is 0.355 e. The number of rotatable bonds is 6. The molecule has 2 aromatic carbocycles. The highest BCUT2D eigenvalue weighted by molar-refractivity contribution is 9.10. The summed E-state index contributed by atoms with van der Waals surface area (Å²) in [5.41, 5.74) is 2.19. The molecule has 1 atom stereocenters. The standard InChI is InChI=1S/C20H19BrN2O3/c1-2-16(13-7-9-15(21)10-8-13)23-19(24)12-26-20(25)18-11-14-5-3-4-6-17(14)22-18/h3-11,16,22H,2,12H2,1H3,(H,23,24)/t16-/m0/s1. The number of para-hydroxylation sites is 1. The molecule has 1 aromatic heterocycles. The van der Waals surface area contributed by atoms with Gasteiger partial charge < -0.3 is 15.0 Å². The Bertz CT molecular complexity index is 885. The Morgan fingerprint density at radius 2 is 1.88 bits per heavy atom. The van der Waals surface area contributed by atoms with E-state index in [1.165, 1.54) is 0 Å². The summed E-state index contributed by atoms with van der Waals surface area (Å²) < 4.78 is 6.11. The lowest BCUT2D eigenvalue weighted by molar-refractivity contribution is -0.125. The van der Waals surface area contributed by atoms with Crippen LogP contribution in [0.1, 0.15) is 35.4 Å².